The van der Waals surface area contributed by atoms with E-state index in [4.69, 9.17) is 10.2 Å². The number of halogens is 2. The number of alkyl halides is 2. The molecule has 6 heteroatoms. The van der Waals surface area contributed by atoms with Crippen LogP contribution in [0.25, 0.3) is 0 Å². The summed E-state index contributed by atoms with van der Waals surface area (Å²) in [5.74, 6) is -1.71. The number of nitrogens with zero attached hydrogens (tertiary/aromatic N) is 2. The first-order valence-electron chi connectivity index (χ1n) is 5.98. The van der Waals surface area contributed by atoms with E-state index in [2.05, 4.69) is 10.2 Å². The van der Waals surface area contributed by atoms with E-state index >= 15 is 0 Å². The van der Waals surface area contributed by atoms with Crippen LogP contribution in [0.3, 0.4) is 0 Å². The molecule has 1 heterocycles. The molecule has 1 fully saturated rings. The van der Waals surface area contributed by atoms with Crippen LogP contribution in [0.4, 0.5) is 8.78 Å². The van der Waals surface area contributed by atoms with Crippen molar-refractivity contribution in [2.24, 2.45) is 5.73 Å². The molecule has 0 aromatic carbocycles. The Kier molecular flexibility index (Phi) is 3.42. The third-order valence-corrected chi connectivity index (χ3v) is 3.28. The van der Waals surface area contributed by atoms with Crippen LogP contribution >= 0.6 is 0 Å². The number of aromatic nitrogens is 2. The molecule has 1 aliphatic rings. The van der Waals surface area contributed by atoms with Gasteiger partial charge in [0.05, 0.1) is 6.04 Å². The highest BCUT2D eigenvalue weighted by Crippen LogP contribution is 2.40. The van der Waals surface area contributed by atoms with Crippen molar-refractivity contribution in [3.63, 3.8) is 0 Å². The van der Waals surface area contributed by atoms with Crippen molar-refractivity contribution in [3.05, 3.63) is 11.8 Å². The molecule has 1 saturated carbocycles. The molecular formula is C11H17F2N3O. The maximum absolute atomic E-state index is 13.0. The standard InChI is InChI=1S/C11H17F2N3O/c1-2-8(14)10-16-15-9(17-10)7-3-5-11(12,13)6-4-7/h7-8H,2-6,14H2,1H3. The molecule has 0 amide bonds. The van der Waals surface area contributed by atoms with Gasteiger partial charge in [-0.3, -0.25) is 0 Å². The SMILES string of the molecule is CCC(N)c1nnc(C2CCC(F)(F)CC2)o1. The van der Waals surface area contributed by atoms with E-state index in [0.717, 1.165) is 0 Å². The zero-order valence-electron chi connectivity index (χ0n) is 9.83. The van der Waals surface area contributed by atoms with E-state index in [1.165, 1.54) is 0 Å². The van der Waals surface area contributed by atoms with Gasteiger partial charge in [0.15, 0.2) is 0 Å². The van der Waals surface area contributed by atoms with Crippen molar-refractivity contribution in [2.45, 2.75) is 56.9 Å². The van der Waals surface area contributed by atoms with Crippen molar-refractivity contribution in [3.8, 4) is 0 Å². The van der Waals surface area contributed by atoms with Crippen LogP contribution in [-0.2, 0) is 0 Å². The summed E-state index contributed by atoms with van der Waals surface area (Å²) in [7, 11) is 0. The first-order chi connectivity index (χ1) is 8.02. The van der Waals surface area contributed by atoms with Gasteiger partial charge in [0.25, 0.3) is 0 Å². The second-order valence-corrected chi connectivity index (χ2v) is 4.62. The van der Waals surface area contributed by atoms with Crippen molar-refractivity contribution in [2.75, 3.05) is 0 Å². The Morgan fingerprint density at radius 2 is 2.06 bits per heavy atom. The fourth-order valence-electron chi connectivity index (χ4n) is 2.02. The average Bonchev–Trinajstić information content (AvgIpc) is 2.77. The Hall–Kier alpha value is -1.04. The second kappa shape index (κ2) is 4.68. The Morgan fingerprint density at radius 3 is 2.65 bits per heavy atom. The van der Waals surface area contributed by atoms with E-state index in [9.17, 15) is 8.78 Å². The van der Waals surface area contributed by atoms with Crippen LogP contribution < -0.4 is 5.73 Å². The zero-order valence-corrected chi connectivity index (χ0v) is 9.83. The number of hydrogen-bond donors (Lipinski definition) is 1. The molecule has 1 unspecified atom stereocenters. The topological polar surface area (TPSA) is 64.9 Å². The maximum atomic E-state index is 13.0. The molecular weight excluding hydrogens is 228 g/mol. The summed E-state index contributed by atoms with van der Waals surface area (Å²) < 4.78 is 31.4. The normalized spacial score (nSPS) is 22.6. The molecule has 96 valence electrons. The number of hydrogen-bond acceptors (Lipinski definition) is 4. The first kappa shape index (κ1) is 12.4. The van der Waals surface area contributed by atoms with Gasteiger partial charge in [0, 0.05) is 18.8 Å². The van der Waals surface area contributed by atoms with Crippen LogP contribution in [0.1, 0.15) is 62.8 Å². The van der Waals surface area contributed by atoms with Crippen molar-refractivity contribution in [1.82, 2.24) is 10.2 Å². The van der Waals surface area contributed by atoms with E-state index in [-0.39, 0.29) is 24.8 Å². The lowest BCUT2D eigenvalue weighted by Gasteiger charge is -2.25. The summed E-state index contributed by atoms with van der Waals surface area (Å²) in [5, 5.41) is 7.78. The van der Waals surface area contributed by atoms with Crippen LogP contribution in [0.2, 0.25) is 0 Å². The summed E-state index contributed by atoms with van der Waals surface area (Å²) in [6.07, 6.45) is 1.31. The third-order valence-electron chi connectivity index (χ3n) is 3.28. The van der Waals surface area contributed by atoms with Gasteiger partial charge in [-0.25, -0.2) is 8.78 Å². The lowest BCUT2D eigenvalue weighted by Crippen LogP contribution is -2.23. The molecule has 1 aromatic heterocycles. The molecule has 1 aliphatic carbocycles. The average molecular weight is 245 g/mol. The second-order valence-electron chi connectivity index (χ2n) is 4.62. The van der Waals surface area contributed by atoms with Gasteiger partial charge in [-0.1, -0.05) is 6.92 Å². The molecule has 0 aliphatic heterocycles. The molecule has 0 bridgehead atoms. The Bertz CT molecular complexity index is 371. The van der Waals surface area contributed by atoms with Crippen molar-refractivity contribution >= 4 is 0 Å². The Morgan fingerprint density at radius 1 is 1.41 bits per heavy atom. The van der Waals surface area contributed by atoms with Gasteiger partial charge in [0.2, 0.25) is 17.7 Å². The van der Waals surface area contributed by atoms with Crippen molar-refractivity contribution < 1.29 is 13.2 Å². The molecule has 1 atom stereocenters. The van der Waals surface area contributed by atoms with Crippen LogP contribution in [0.15, 0.2) is 4.42 Å². The molecule has 17 heavy (non-hydrogen) atoms. The van der Waals surface area contributed by atoms with Crippen LogP contribution in [0.5, 0.6) is 0 Å². The van der Waals surface area contributed by atoms with Crippen molar-refractivity contribution in [1.29, 1.82) is 0 Å². The van der Waals surface area contributed by atoms with Gasteiger partial charge in [-0.15, -0.1) is 10.2 Å². The minimum Gasteiger partial charge on any atom is -0.423 e. The zero-order chi connectivity index (χ0) is 12.5. The lowest BCUT2D eigenvalue weighted by molar-refractivity contribution is -0.0399. The van der Waals surface area contributed by atoms with E-state index in [0.29, 0.717) is 31.0 Å². The summed E-state index contributed by atoms with van der Waals surface area (Å²) in [6, 6.07) is -0.263. The highest BCUT2D eigenvalue weighted by Gasteiger charge is 2.37. The van der Waals surface area contributed by atoms with Gasteiger partial charge < -0.3 is 10.2 Å². The summed E-state index contributed by atoms with van der Waals surface area (Å²) in [6.45, 7) is 1.93. The van der Waals surface area contributed by atoms with Gasteiger partial charge >= 0.3 is 0 Å². The predicted octanol–water partition coefficient (Wildman–Crippen LogP) is 2.77. The monoisotopic (exact) mass is 245 g/mol. The van der Waals surface area contributed by atoms with Gasteiger partial charge in [0.1, 0.15) is 0 Å². The molecule has 4 nitrogen and oxygen atoms in total. The molecule has 1 aromatic rings. The Labute approximate surface area is 98.6 Å². The highest BCUT2D eigenvalue weighted by atomic mass is 19.3. The van der Waals surface area contributed by atoms with E-state index in [1.807, 2.05) is 6.92 Å². The minimum atomic E-state index is -2.53. The van der Waals surface area contributed by atoms with Gasteiger partial charge in [-0.05, 0) is 19.3 Å². The fraction of sp³-hybridized carbons (Fsp3) is 0.818. The molecule has 0 spiro atoms. The minimum absolute atomic E-state index is 0.0417. The molecule has 0 saturated heterocycles. The van der Waals surface area contributed by atoms with Gasteiger partial charge in [-0.2, -0.15) is 0 Å². The molecule has 2 N–H and O–H groups in total. The summed E-state index contributed by atoms with van der Waals surface area (Å²) >= 11 is 0. The lowest BCUT2D eigenvalue weighted by atomic mass is 9.87. The van der Waals surface area contributed by atoms with Crippen LogP contribution in [-0.4, -0.2) is 16.1 Å². The quantitative estimate of drug-likeness (QED) is 0.889. The summed E-state index contributed by atoms with van der Waals surface area (Å²) in [4.78, 5) is 0. The molecule has 2 rings (SSSR count). The predicted molar refractivity (Wildman–Crippen MR) is 57.7 cm³/mol. The van der Waals surface area contributed by atoms with Crippen LogP contribution in [0, 0.1) is 0 Å². The van der Waals surface area contributed by atoms with E-state index in [1.54, 1.807) is 0 Å². The van der Waals surface area contributed by atoms with E-state index < -0.39 is 5.92 Å². The molecule has 0 radical (unpaired) electrons. The highest BCUT2D eigenvalue weighted by molar-refractivity contribution is 4.97. The Balaban J connectivity index is 2.01. The summed E-state index contributed by atoms with van der Waals surface area (Å²) in [5.41, 5.74) is 5.76. The maximum Gasteiger partial charge on any atom is 0.248 e. The number of rotatable bonds is 3. The third kappa shape index (κ3) is 2.80. The first-order valence-corrected chi connectivity index (χ1v) is 5.98. The largest absolute Gasteiger partial charge is 0.423 e. The smallest absolute Gasteiger partial charge is 0.248 e. The fourth-order valence-corrected chi connectivity index (χ4v) is 2.02. The number of nitrogens with two attached hydrogens (primary N) is 1.